The highest BCUT2D eigenvalue weighted by atomic mass is 16.5. The van der Waals surface area contributed by atoms with E-state index in [9.17, 15) is 4.79 Å². The van der Waals surface area contributed by atoms with Crippen molar-refractivity contribution in [1.29, 1.82) is 0 Å². The number of aliphatic imine (C=N–C) groups is 1. The Labute approximate surface area is 180 Å². The number of piperidine rings is 1. The molecule has 1 aromatic rings. The van der Waals surface area contributed by atoms with E-state index in [1.165, 1.54) is 24.0 Å². The third kappa shape index (κ3) is 6.99. The van der Waals surface area contributed by atoms with Gasteiger partial charge in [-0.3, -0.25) is 14.7 Å². The van der Waals surface area contributed by atoms with Gasteiger partial charge in [-0.2, -0.15) is 0 Å². The molecule has 0 aromatic heterocycles. The molecule has 1 aliphatic heterocycles. The molecule has 7 nitrogen and oxygen atoms in total. The van der Waals surface area contributed by atoms with Crippen LogP contribution in [0, 0.1) is 0 Å². The molecule has 0 bridgehead atoms. The number of nitrogens with one attached hydrogen (secondary N) is 2. The van der Waals surface area contributed by atoms with Crippen LogP contribution in [0.2, 0.25) is 0 Å². The van der Waals surface area contributed by atoms with Gasteiger partial charge in [0.15, 0.2) is 5.96 Å². The van der Waals surface area contributed by atoms with Crippen LogP contribution in [0.25, 0.3) is 0 Å². The van der Waals surface area contributed by atoms with Crippen molar-refractivity contribution in [2.75, 3.05) is 39.3 Å². The first-order valence-electron chi connectivity index (χ1n) is 11.4. The molecule has 3 rings (SSSR count). The van der Waals surface area contributed by atoms with Gasteiger partial charge in [-0.25, -0.2) is 0 Å². The van der Waals surface area contributed by atoms with Crippen LogP contribution >= 0.6 is 0 Å². The number of nitrogens with two attached hydrogens (primary N) is 1. The Balaban J connectivity index is 1.39. The number of hydrogen-bond donors (Lipinski definition) is 3. The summed E-state index contributed by atoms with van der Waals surface area (Å²) in [5.41, 5.74) is 8.10. The Morgan fingerprint density at radius 1 is 1.27 bits per heavy atom. The quantitative estimate of drug-likeness (QED) is 0.326. The number of likely N-dealkylation sites (tertiary alicyclic amines) is 1. The molecule has 1 atom stereocenters. The summed E-state index contributed by atoms with van der Waals surface area (Å²) in [7, 11) is 0. The maximum atomic E-state index is 11.1. The first-order chi connectivity index (χ1) is 14.7. The van der Waals surface area contributed by atoms with Crippen molar-refractivity contribution in [2.45, 2.75) is 57.6 Å². The summed E-state index contributed by atoms with van der Waals surface area (Å²) in [5, 5.41) is 6.88. The molecule has 4 N–H and O–H groups in total. The lowest BCUT2D eigenvalue weighted by Gasteiger charge is -2.32. The normalized spacial score (nSPS) is 20.6. The first kappa shape index (κ1) is 22.6. The molecule has 0 radical (unpaired) electrons. The van der Waals surface area contributed by atoms with Gasteiger partial charge in [0.05, 0.1) is 12.6 Å². The largest absolute Gasteiger partial charge is 0.373 e. The second kappa shape index (κ2) is 11.9. The second-order valence-corrected chi connectivity index (χ2v) is 8.23. The number of guanidine groups is 1. The fraction of sp³-hybridized carbons (Fsp3) is 0.652. The van der Waals surface area contributed by atoms with Crippen molar-refractivity contribution >= 4 is 11.9 Å². The molecule has 1 fully saturated rings. The molecule has 0 spiro atoms. The second-order valence-electron chi connectivity index (χ2n) is 8.23. The summed E-state index contributed by atoms with van der Waals surface area (Å²) >= 11 is 0. The van der Waals surface area contributed by atoms with Crippen LogP contribution in [0.3, 0.4) is 0 Å². The van der Waals surface area contributed by atoms with Crippen LogP contribution in [-0.2, 0) is 16.0 Å². The predicted octanol–water partition coefficient (Wildman–Crippen LogP) is 1.98. The first-order valence-corrected chi connectivity index (χ1v) is 11.4. The van der Waals surface area contributed by atoms with Crippen molar-refractivity contribution < 1.29 is 9.53 Å². The summed E-state index contributed by atoms with van der Waals surface area (Å²) in [5.74, 6) is 0.615. The minimum Gasteiger partial charge on any atom is -0.373 e. The van der Waals surface area contributed by atoms with Gasteiger partial charge in [0.1, 0.15) is 0 Å². The van der Waals surface area contributed by atoms with Gasteiger partial charge in [-0.05, 0) is 56.6 Å². The van der Waals surface area contributed by atoms with Crippen LogP contribution in [0.5, 0.6) is 0 Å². The smallest absolute Gasteiger partial charge is 0.231 e. The summed E-state index contributed by atoms with van der Waals surface area (Å²) in [4.78, 5) is 17.9. The average molecular weight is 416 g/mol. The number of nitrogens with zero attached hydrogens (tertiary/aromatic N) is 2. The molecule has 1 saturated heterocycles. The van der Waals surface area contributed by atoms with E-state index in [2.05, 4.69) is 46.7 Å². The van der Waals surface area contributed by atoms with E-state index in [1.807, 2.05) is 0 Å². The van der Waals surface area contributed by atoms with Crippen LogP contribution in [-0.4, -0.2) is 62.1 Å². The SMILES string of the molecule is CCNC(=NCCCOC1CCCc2ccccc21)NC1CCN(CC(N)=O)CC1. The van der Waals surface area contributed by atoms with Crippen molar-refractivity contribution in [3.05, 3.63) is 35.4 Å². The minimum absolute atomic E-state index is 0.232. The lowest BCUT2D eigenvalue weighted by atomic mass is 9.89. The maximum Gasteiger partial charge on any atom is 0.231 e. The van der Waals surface area contributed by atoms with Gasteiger partial charge in [-0.15, -0.1) is 0 Å². The van der Waals surface area contributed by atoms with Gasteiger partial charge >= 0.3 is 0 Å². The zero-order chi connectivity index (χ0) is 21.2. The fourth-order valence-corrected chi connectivity index (χ4v) is 4.33. The van der Waals surface area contributed by atoms with Gasteiger partial charge in [0.25, 0.3) is 0 Å². The molecular formula is C23H37N5O2. The molecule has 2 aliphatic rings. The number of carbonyl (C=O) groups is 1. The van der Waals surface area contributed by atoms with E-state index in [0.29, 0.717) is 12.6 Å². The Morgan fingerprint density at radius 3 is 2.83 bits per heavy atom. The minimum atomic E-state index is -0.254. The van der Waals surface area contributed by atoms with E-state index in [0.717, 1.165) is 64.4 Å². The van der Waals surface area contributed by atoms with Gasteiger partial charge < -0.3 is 21.1 Å². The van der Waals surface area contributed by atoms with Crippen molar-refractivity contribution in [3.63, 3.8) is 0 Å². The molecule has 166 valence electrons. The number of fused-ring (bicyclic) bond motifs is 1. The summed E-state index contributed by atoms with van der Waals surface area (Å²) < 4.78 is 6.19. The lowest BCUT2D eigenvalue weighted by molar-refractivity contribution is -0.119. The highest BCUT2D eigenvalue weighted by Crippen LogP contribution is 2.32. The van der Waals surface area contributed by atoms with Gasteiger partial charge in [0.2, 0.25) is 5.91 Å². The van der Waals surface area contributed by atoms with E-state index in [-0.39, 0.29) is 12.0 Å². The number of benzene rings is 1. The number of aryl methyl sites for hydroxylation is 1. The van der Waals surface area contributed by atoms with E-state index >= 15 is 0 Å². The Bertz CT molecular complexity index is 701. The number of ether oxygens (including phenoxy) is 1. The number of rotatable bonds is 9. The van der Waals surface area contributed by atoms with Crippen LogP contribution in [0.1, 0.15) is 56.3 Å². The topological polar surface area (TPSA) is 92.0 Å². The number of carbonyl (C=O) groups excluding carboxylic acids is 1. The lowest BCUT2D eigenvalue weighted by Crippen LogP contribution is -2.49. The zero-order valence-corrected chi connectivity index (χ0v) is 18.2. The van der Waals surface area contributed by atoms with Gasteiger partial charge in [-0.1, -0.05) is 24.3 Å². The van der Waals surface area contributed by atoms with Gasteiger partial charge in [0, 0.05) is 38.8 Å². The van der Waals surface area contributed by atoms with Crippen molar-refractivity contribution in [2.24, 2.45) is 10.7 Å². The highest BCUT2D eigenvalue weighted by Gasteiger charge is 2.21. The monoisotopic (exact) mass is 415 g/mol. The number of primary amides is 1. The molecule has 1 unspecified atom stereocenters. The van der Waals surface area contributed by atoms with E-state index < -0.39 is 0 Å². The molecule has 1 amide bonds. The van der Waals surface area contributed by atoms with Crippen LogP contribution < -0.4 is 16.4 Å². The third-order valence-electron chi connectivity index (χ3n) is 5.86. The van der Waals surface area contributed by atoms with Crippen LogP contribution in [0.4, 0.5) is 0 Å². The standard InChI is InChI=1S/C23H37N5O2/c1-2-25-23(27-19-11-14-28(15-12-19)17-22(24)29)26-13-6-16-30-21-10-5-8-18-7-3-4-9-20(18)21/h3-4,7,9,19,21H,2,5-6,8,10-17H2,1H3,(H2,24,29)(H2,25,26,27). The molecular weight excluding hydrogens is 378 g/mol. The predicted molar refractivity (Wildman–Crippen MR) is 120 cm³/mol. The van der Waals surface area contributed by atoms with E-state index in [1.54, 1.807) is 0 Å². The number of hydrogen-bond acceptors (Lipinski definition) is 4. The molecule has 30 heavy (non-hydrogen) atoms. The molecule has 1 heterocycles. The van der Waals surface area contributed by atoms with Crippen molar-refractivity contribution in [3.8, 4) is 0 Å². The maximum absolute atomic E-state index is 11.1. The Hall–Kier alpha value is -2.12. The summed E-state index contributed by atoms with van der Waals surface area (Å²) in [6.45, 7) is 6.51. The Morgan fingerprint density at radius 2 is 2.07 bits per heavy atom. The number of amides is 1. The average Bonchev–Trinajstić information content (AvgIpc) is 2.74. The molecule has 1 aromatic carbocycles. The zero-order valence-electron chi connectivity index (χ0n) is 18.2. The summed E-state index contributed by atoms with van der Waals surface area (Å²) in [6, 6.07) is 9.03. The summed E-state index contributed by atoms with van der Waals surface area (Å²) in [6.07, 6.45) is 6.59. The third-order valence-corrected chi connectivity index (χ3v) is 5.86. The molecule has 7 heteroatoms. The fourth-order valence-electron chi connectivity index (χ4n) is 4.33. The molecule has 0 saturated carbocycles. The van der Waals surface area contributed by atoms with Crippen molar-refractivity contribution in [1.82, 2.24) is 15.5 Å². The van der Waals surface area contributed by atoms with E-state index in [4.69, 9.17) is 15.5 Å². The van der Waals surface area contributed by atoms with Crippen LogP contribution in [0.15, 0.2) is 29.3 Å². The highest BCUT2D eigenvalue weighted by molar-refractivity contribution is 5.80. The molecule has 1 aliphatic carbocycles. The Kier molecular flexibility index (Phi) is 8.96.